The molecule has 7 amide bonds. The van der Waals surface area contributed by atoms with Crippen LogP contribution in [-0.4, -0.2) is 71.6 Å². The predicted octanol–water partition coefficient (Wildman–Crippen LogP) is 2.91. The molecule has 14 heteroatoms. The summed E-state index contributed by atoms with van der Waals surface area (Å²) in [5.41, 5.74) is 5.69. The first-order valence-electron chi connectivity index (χ1n) is 15.8. The van der Waals surface area contributed by atoms with Crippen molar-refractivity contribution in [1.82, 2.24) is 20.9 Å². The number of esters is 1. The number of hydrogen-bond acceptors (Lipinski definition) is 8. The molecular formula is C34H52N6O8. The zero-order valence-corrected chi connectivity index (χ0v) is 27.9. The van der Waals surface area contributed by atoms with E-state index in [0.29, 0.717) is 31.4 Å². The Hall–Kier alpha value is -4.75. The van der Waals surface area contributed by atoms with Gasteiger partial charge >= 0.3 is 12.0 Å². The summed E-state index contributed by atoms with van der Waals surface area (Å²) < 4.78 is 5.33. The maximum Gasteiger partial charge on any atom is 0.312 e. The van der Waals surface area contributed by atoms with Crippen LogP contribution in [0.1, 0.15) is 86.1 Å². The van der Waals surface area contributed by atoms with Crippen LogP contribution in [0.5, 0.6) is 0 Å². The topological polar surface area (TPSA) is 206 Å². The SMILES string of the molecule is C.CC(C)C(NC(=O)CCCCCN1C(=O)C=CC1=O)C(=O)N[C@H](CCCNC(N)=O)C(=O)Nc1ccc(COC(=O)C(C)(C)C)cc1. The number of nitrogens with two attached hydrogens (primary N) is 1. The molecule has 1 aliphatic rings. The second-order valence-corrected chi connectivity index (χ2v) is 12.8. The number of unbranched alkanes of at least 4 members (excludes halogenated alkanes) is 2. The zero-order valence-electron chi connectivity index (χ0n) is 27.9. The third-order valence-electron chi connectivity index (χ3n) is 7.26. The molecule has 0 aromatic heterocycles. The largest absolute Gasteiger partial charge is 0.460 e. The van der Waals surface area contributed by atoms with Crippen molar-refractivity contribution in [1.29, 1.82) is 0 Å². The van der Waals surface area contributed by atoms with Crippen LogP contribution in [0.2, 0.25) is 0 Å². The first-order valence-corrected chi connectivity index (χ1v) is 15.8. The van der Waals surface area contributed by atoms with Gasteiger partial charge in [-0.25, -0.2) is 4.79 Å². The van der Waals surface area contributed by atoms with Gasteiger partial charge in [-0.2, -0.15) is 0 Å². The number of imide groups is 1. The molecule has 1 aromatic carbocycles. The number of primary amides is 1. The van der Waals surface area contributed by atoms with Gasteiger partial charge < -0.3 is 31.7 Å². The summed E-state index contributed by atoms with van der Waals surface area (Å²) in [6.07, 6.45) is 4.77. The van der Waals surface area contributed by atoms with Crippen LogP contribution in [0.25, 0.3) is 0 Å². The lowest BCUT2D eigenvalue weighted by Gasteiger charge is -2.25. The molecule has 48 heavy (non-hydrogen) atoms. The predicted molar refractivity (Wildman–Crippen MR) is 181 cm³/mol. The Morgan fingerprint density at radius 1 is 0.875 bits per heavy atom. The molecule has 0 fully saturated rings. The van der Waals surface area contributed by atoms with Crippen molar-refractivity contribution in [3.8, 4) is 0 Å². The van der Waals surface area contributed by atoms with E-state index < -0.39 is 35.3 Å². The molecule has 1 aromatic rings. The lowest BCUT2D eigenvalue weighted by Crippen LogP contribution is -2.54. The summed E-state index contributed by atoms with van der Waals surface area (Å²) in [5.74, 6) is -2.69. The minimum absolute atomic E-state index is 0. The van der Waals surface area contributed by atoms with Gasteiger partial charge in [-0.1, -0.05) is 39.8 Å². The van der Waals surface area contributed by atoms with Crippen LogP contribution < -0.4 is 27.0 Å². The van der Waals surface area contributed by atoms with Crippen LogP contribution in [-0.2, 0) is 40.1 Å². The minimum Gasteiger partial charge on any atom is -0.460 e. The standard InChI is InChI=1S/C33H48N6O8.CH4/c1-21(2)28(38-25(40)11-7-6-8-19-39-26(41)16-17-27(39)42)30(44)37-24(10-9-18-35-32(34)46)29(43)36-23-14-12-22(13-15-23)20-47-31(45)33(3,4)5;/h12-17,21,24,28H,6-11,18-20H2,1-5H3,(H,36,43)(H,37,44)(H,38,40)(H3,34,35,46);1H4/t24-,28?;/m1./s1. The second kappa shape index (κ2) is 19.8. The fourth-order valence-corrected chi connectivity index (χ4v) is 4.49. The smallest absolute Gasteiger partial charge is 0.312 e. The highest BCUT2D eigenvalue weighted by molar-refractivity contribution is 6.12. The number of carbonyl (C=O) groups excluding carboxylic acids is 7. The number of carbonyl (C=O) groups is 7. The molecule has 0 bridgehead atoms. The van der Waals surface area contributed by atoms with Crippen molar-refractivity contribution < 1.29 is 38.3 Å². The van der Waals surface area contributed by atoms with Crippen LogP contribution in [0, 0.1) is 11.3 Å². The number of urea groups is 1. The molecule has 0 saturated heterocycles. The Balaban J connectivity index is 0.0000115. The van der Waals surface area contributed by atoms with Gasteiger partial charge in [0.15, 0.2) is 0 Å². The van der Waals surface area contributed by atoms with Gasteiger partial charge in [0.05, 0.1) is 5.41 Å². The Morgan fingerprint density at radius 2 is 1.50 bits per heavy atom. The van der Waals surface area contributed by atoms with E-state index in [-0.39, 0.29) is 69.6 Å². The third kappa shape index (κ3) is 14.3. The van der Waals surface area contributed by atoms with E-state index >= 15 is 0 Å². The Kier molecular flexibility index (Phi) is 17.0. The van der Waals surface area contributed by atoms with Crippen LogP contribution in [0.15, 0.2) is 36.4 Å². The second-order valence-electron chi connectivity index (χ2n) is 12.8. The molecule has 0 saturated carbocycles. The molecule has 6 N–H and O–H groups in total. The molecule has 1 unspecified atom stereocenters. The minimum atomic E-state index is -0.992. The number of benzene rings is 1. The number of amides is 7. The number of ether oxygens (including phenoxy) is 1. The molecule has 1 aliphatic heterocycles. The van der Waals surface area contributed by atoms with Crippen LogP contribution in [0.3, 0.4) is 0 Å². The average Bonchev–Trinajstić information content (AvgIpc) is 3.32. The Bertz CT molecular complexity index is 1300. The van der Waals surface area contributed by atoms with Gasteiger partial charge in [-0.05, 0) is 70.1 Å². The highest BCUT2D eigenvalue weighted by Gasteiger charge is 2.29. The van der Waals surface area contributed by atoms with Gasteiger partial charge in [0.2, 0.25) is 17.7 Å². The maximum absolute atomic E-state index is 13.3. The van der Waals surface area contributed by atoms with E-state index in [1.807, 2.05) is 0 Å². The lowest BCUT2D eigenvalue weighted by atomic mass is 9.97. The van der Waals surface area contributed by atoms with Crippen molar-refractivity contribution in [2.45, 2.75) is 99.3 Å². The van der Waals surface area contributed by atoms with E-state index in [1.165, 1.54) is 12.2 Å². The average molecular weight is 673 g/mol. The molecule has 0 aliphatic carbocycles. The highest BCUT2D eigenvalue weighted by Crippen LogP contribution is 2.18. The molecule has 266 valence electrons. The van der Waals surface area contributed by atoms with E-state index in [9.17, 15) is 33.6 Å². The van der Waals surface area contributed by atoms with E-state index in [4.69, 9.17) is 10.5 Å². The fourth-order valence-electron chi connectivity index (χ4n) is 4.49. The number of anilines is 1. The Morgan fingerprint density at radius 3 is 2.06 bits per heavy atom. The highest BCUT2D eigenvalue weighted by atomic mass is 16.5. The zero-order chi connectivity index (χ0) is 35.1. The number of hydrogen-bond donors (Lipinski definition) is 5. The van der Waals surface area contributed by atoms with Crippen LogP contribution in [0.4, 0.5) is 10.5 Å². The fraction of sp³-hybridized carbons (Fsp3) is 0.559. The molecule has 14 nitrogen and oxygen atoms in total. The molecule has 2 rings (SSSR count). The Labute approximate surface area is 283 Å². The summed E-state index contributed by atoms with van der Waals surface area (Å²) in [5, 5.41) is 10.7. The van der Waals surface area contributed by atoms with Crippen LogP contribution >= 0.6 is 0 Å². The summed E-state index contributed by atoms with van der Waals surface area (Å²) in [6, 6.07) is 4.12. The van der Waals surface area contributed by atoms with E-state index in [2.05, 4.69) is 21.3 Å². The summed E-state index contributed by atoms with van der Waals surface area (Å²) >= 11 is 0. The van der Waals surface area contributed by atoms with Gasteiger partial charge in [0.1, 0.15) is 18.7 Å². The molecular weight excluding hydrogens is 620 g/mol. The third-order valence-corrected chi connectivity index (χ3v) is 7.26. The monoisotopic (exact) mass is 672 g/mol. The van der Waals surface area contributed by atoms with Gasteiger partial charge in [-0.15, -0.1) is 0 Å². The van der Waals surface area contributed by atoms with Crippen molar-refractivity contribution in [2.24, 2.45) is 17.1 Å². The molecule has 0 radical (unpaired) electrons. The molecule has 1 heterocycles. The quantitative estimate of drug-likeness (QED) is 0.0888. The first kappa shape index (κ1) is 41.3. The van der Waals surface area contributed by atoms with Gasteiger partial charge in [-0.3, -0.25) is 33.7 Å². The number of nitrogens with one attached hydrogen (secondary N) is 4. The molecule has 0 spiro atoms. The maximum atomic E-state index is 13.3. The van der Waals surface area contributed by atoms with Gasteiger partial charge in [0.25, 0.3) is 11.8 Å². The van der Waals surface area contributed by atoms with Gasteiger partial charge in [0, 0.05) is 37.3 Å². The lowest BCUT2D eigenvalue weighted by molar-refractivity contribution is -0.154. The van der Waals surface area contributed by atoms with Crippen molar-refractivity contribution in [2.75, 3.05) is 18.4 Å². The number of rotatable bonds is 18. The summed E-state index contributed by atoms with van der Waals surface area (Å²) in [7, 11) is 0. The van der Waals surface area contributed by atoms with E-state index in [1.54, 1.807) is 58.9 Å². The van der Waals surface area contributed by atoms with Crippen molar-refractivity contribution >= 4 is 47.2 Å². The summed E-state index contributed by atoms with van der Waals surface area (Å²) in [6.45, 7) is 9.38. The first-order chi connectivity index (χ1) is 22.1. The van der Waals surface area contributed by atoms with Crippen molar-refractivity contribution in [3.63, 3.8) is 0 Å². The molecule has 2 atom stereocenters. The normalized spacial score (nSPS) is 13.8. The number of nitrogens with zero attached hydrogens (tertiary/aromatic N) is 1. The van der Waals surface area contributed by atoms with Crippen molar-refractivity contribution in [3.05, 3.63) is 42.0 Å². The van der Waals surface area contributed by atoms with E-state index in [0.717, 1.165) is 10.5 Å². The summed E-state index contributed by atoms with van der Waals surface area (Å²) in [4.78, 5) is 86.9.